The fourth-order valence-electron chi connectivity index (χ4n) is 1.24. The molecule has 0 radical (unpaired) electrons. The van der Waals surface area contributed by atoms with Gasteiger partial charge in [-0.05, 0) is 31.9 Å². The van der Waals surface area contributed by atoms with Crippen molar-refractivity contribution in [2.75, 3.05) is 0 Å². The first kappa shape index (κ1) is 11.7. The Morgan fingerprint density at radius 2 is 2.13 bits per heavy atom. The van der Waals surface area contributed by atoms with Crippen molar-refractivity contribution in [1.82, 2.24) is 0 Å². The Bertz CT molecular complexity index is 358. The van der Waals surface area contributed by atoms with Crippen LogP contribution in [0.2, 0.25) is 0 Å². The van der Waals surface area contributed by atoms with Gasteiger partial charge in [-0.3, -0.25) is 0 Å². The molecule has 1 aromatic carbocycles. The van der Waals surface area contributed by atoms with Crippen molar-refractivity contribution in [3.05, 3.63) is 34.9 Å². The van der Waals surface area contributed by atoms with Crippen LogP contribution in [0.1, 0.15) is 23.6 Å². The van der Waals surface area contributed by atoms with Crippen LogP contribution in [0.15, 0.2) is 18.2 Å². The molecule has 0 bridgehead atoms. The minimum atomic E-state index is -0.930. The second kappa shape index (κ2) is 4.94. The van der Waals surface area contributed by atoms with Crippen LogP contribution in [-0.4, -0.2) is 17.2 Å². The van der Waals surface area contributed by atoms with Gasteiger partial charge in [-0.25, -0.2) is 4.79 Å². The number of carbonyl (C=O) groups is 1. The lowest BCUT2D eigenvalue weighted by atomic mass is 10.1. The summed E-state index contributed by atoms with van der Waals surface area (Å²) >= 11 is 0. The Morgan fingerprint density at radius 3 is 2.73 bits per heavy atom. The van der Waals surface area contributed by atoms with E-state index in [0.717, 1.165) is 16.7 Å². The van der Waals surface area contributed by atoms with Gasteiger partial charge >= 0.3 is 5.97 Å². The highest BCUT2D eigenvalue weighted by Crippen LogP contribution is 2.12. The van der Waals surface area contributed by atoms with Crippen LogP contribution in [0.3, 0.4) is 0 Å². The van der Waals surface area contributed by atoms with E-state index in [1.165, 1.54) is 6.92 Å². The van der Waals surface area contributed by atoms with Crippen molar-refractivity contribution in [3.8, 4) is 0 Å². The van der Waals surface area contributed by atoms with Crippen molar-refractivity contribution < 1.29 is 14.6 Å². The first-order valence-corrected chi connectivity index (χ1v) is 4.91. The van der Waals surface area contributed by atoms with Gasteiger partial charge in [-0.2, -0.15) is 0 Å². The monoisotopic (exact) mass is 208 g/mol. The maximum Gasteiger partial charge on any atom is 0.332 e. The molecule has 1 aromatic rings. The lowest BCUT2D eigenvalue weighted by Gasteiger charge is -2.11. The summed E-state index contributed by atoms with van der Waals surface area (Å²) in [6, 6.07) is 6.06. The summed E-state index contributed by atoms with van der Waals surface area (Å²) in [4.78, 5) is 10.5. The highest BCUT2D eigenvalue weighted by molar-refractivity contribution is 5.71. The topological polar surface area (TPSA) is 46.5 Å². The van der Waals surface area contributed by atoms with Crippen LogP contribution in [0.4, 0.5) is 0 Å². The molecule has 1 N–H and O–H groups in total. The van der Waals surface area contributed by atoms with E-state index in [9.17, 15) is 4.79 Å². The SMILES string of the molecule is Cc1ccc(C)c(COC(C)C(=O)O)c1. The van der Waals surface area contributed by atoms with Crippen LogP contribution in [0.5, 0.6) is 0 Å². The molecule has 0 heterocycles. The van der Waals surface area contributed by atoms with Gasteiger partial charge in [-0.1, -0.05) is 23.8 Å². The smallest absolute Gasteiger partial charge is 0.332 e. The molecular weight excluding hydrogens is 192 g/mol. The van der Waals surface area contributed by atoms with Gasteiger partial charge in [0.1, 0.15) is 0 Å². The highest BCUT2D eigenvalue weighted by Gasteiger charge is 2.11. The lowest BCUT2D eigenvalue weighted by molar-refractivity contribution is -0.149. The zero-order valence-electron chi connectivity index (χ0n) is 9.28. The average Bonchev–Trinajstić information content (AvgIpc) is 2.18. The molecule has 0 saturated heterocycles. The number of hydrogen-bond acceptors (Lipinski definition) is 2. The van der Waals surface area contributed by atoms with E-state index in [1.807, 2.05) is 32.0 Å². The van der Waals surface area contributed by atoms with E-state index < -0.39 is 12.1 Å². The Labute approximate surface area is 89.7 Å². The molecule has 0 fully saturated rings. The third-order valence-corrected chi connectivity index (χ3v) is 2.34. The molecule has 1 rings (SSSR count). The number of benzene rings is 1. The number of carboxylic acid groups (broad SMARTS) is 1. The molecule has 0 aliphatic rings. The fraction of sp³-hybridized carbons (Fsp3) is 0.417. The van der Waals surface area contributed by atoms with E-state index in [4.69, 9.17) is 9.84 Å². The van der Waals surface area contributed by atoms with Crippen LogP contribution >= 0.6 is 0 Å². The van der Waals surface area contributed by atoms with Gasteiger partial charge in [-0.15, -0.1) is 0 Å². The number of aryl methyl sites for hydroxylation is 2. The maximum absolute atomic E-state index is 10.5. The molecule has 0 amide bonds. The zero-order valence-corrected chi connectivity index (χ0v) is 9.28. The number of ether oxygens (including phenoxy) is 1. The largest absolute Gasteiger partial charge is 0.479 e. The number of carboxylic acids is 1. The summed E-state index contributed by atoms with van der Waals surface area (Å²) in [5.41, 5.74) is 3.32. The maximum atomic E-state index is 10.5. The molecule has 0 aliphatic heterocycles. The first-order valence-electron chi connectivity index (χ1n) is 4.91. The third-order valence-electron chi connectivity index (χ3n) is 2.34. The van der Waals surface area contributed by atoms with Gasteiger partial charge in [0.05, 0.1) is 6.61 Å². The second-order valence-corrected chi connectivity index (χ2v) is 3.72. The van der Waals surface area contributed by atoms with Gasteiger partial charge in [0, 0.05) is 0 Å². The molecule has 1 atom stereocenters. The summed E-state index contributed by atoms with van der Waals surface area (Å²) in [7, 11) is 0. The molecule has 0 aromatic heterocycles. The third kappa shape index (κ3) is 3.36. The Balaban J connectivity index is 2.65. The minimum absolute atomic E-state index is 0.348. The molecule has 0 saturated carbocycles. The van der Waals surface area contributed by atoms with Crippen molar-refractivity contribution in [2.45, 2.75) is 33.5 Å². The van der Waals surface area contributed by atoms with Crippen LogP contribution in [-0.2, 0) is 16.1 Å². The summed E-state index contributed by atoms with van der Waals surface area (Å²) < 4.78 is 5.23. The molecule has 3 heteroatoms. The summed E-state index contributed by atoms with van der Waals surface area (Å²) in [6.07, 6.45) is -0.759. The van der Waals surface area contributed by atoms with E-state index in [-0.39, 0.29) is 0 Å². The highest BCUT2D eigenvalue weighted by atomic mass is 16.5. The molecule has 82 valence electrons. The molecule has 15 heavy (non-hydrogen) atoms. The second-order valence-electron chi connectivity index (χ2n) is 3.72. The van der Waals surface area contributed by atoms with E-state index in [1.54, 1.807) is 0 Å². The standard InChI is InChI=1S/C12H16O3/c1-8-4-5-9(2)11(6-8)7-15-10(3)12(13)14/h4-6,10H,7H2,1-3H3,(H,13,14). The average molecular weight is 208 g/mol. The predicted octanol–water partition coefficient (Wildman–Crippen LogP) is 2.29. The lowest BCUT2D eigenvalue weighted by Crippen LogP contribution is -2.19. The number of aliphatic carboxylic acids is 1. The molecule has 3 nitrogen and oxygen atoms in total. The van der Waals surface area contributed by atoms with E-state index >= 15 is 0 Å². The summed E-state index contributed by atoms with van der Waals surface area (Å²) in [5, 5.41) is 8.66. The van der Waals surface area contributed by atoms with Gasteiger partial charge in [0.2, 0.25) is 0 Å². The van der Waals surface area contributed by atoms with Crippen molar-refractivity contribution in [2.24, 2.45) is 0 Å². The number of hydrogen-bond donors (Lipinski definition) is 1. The fourth-order valence-corrected chi connectivity index (χ4v) is 1.24. The Kier molecular flexibility index (Phi) is 3.86. The molecular formula is C12H16O3. The van der Waals surface area contributed by atoms with Crippen LogP contribution in [0, 0.1) is 13.8 Å². The summed E-state index contributed by atoms with van der Waals surface area (Å²) in [5.74, 6) is -0.930. The van der Waals surface area contributed by atoms with E-state index in [2.05, 4.69) is 0 Å². The Hall–Kier alpha value is -1.35. The van der Waals surface area contributed by atoms with Crippen molar-refractivity contribution >= 4 is 5.97 Å². The van der Waals surface area contributed by atoms with Gasteiger partial charge in [0.25, 0.3) is 0 Å². The molecule has 1 unspecified atom stereocenters. The first-order chi connectivity index (χ1) is 7.00. The summed E-state index contributed by atoms with van der Waals surface area (Å²) in [6.45, 7) is 5.88. The minimum Gasteiger partial charge on any atom is -0.479 e. The van der Waals surface area contributed by atoms with Crippen molar-refractivity contribution in [3.63, 3.8) is 0 Å². The quantitative estimate of drug-likeness (QED) is 0.825. The van der Waals surface area contributed by atoms with Crippen LogP contribution < -0.4 is 0 Å². The predicted molar refractivity (Wildman–Crippen MR) is 57.8 cm³/mol. The van der Waals surface area contributed by atoms with Gasteiger partial charge in [0.15, 0.2) is 6.10 Å². The Morgan fingerprint density at radius 1 is 1.47 bits per heavy atom. The van der Waals surface area contributed by atoms with Gasteiger partial charge < -0.3 is 9.84 Å². The zero-order chi connectivity index (χ0) is 11.4. The molecule has 0 spiro atoms. The van der Waals surface area contributed by atoms with E-state index in [0.29, 0.717) is 6.61 Å². The van der Waals surface area contributed by atoms with Crippen LogP contribution in [0.25, 0.3) is 0 Å². The normalized spacial score (nSPS) is 12.5. The molecule has 0 aliphatic carbocycles. The van der Waals surface area contributed by atoms with Crippen molar-refractivity contribution in [1.29, 1.82) is 0 Å². The number of rotatable bonds is 4.